The number of halogens is 1. The van der Waals surface area contributed by atoms with E-state index in [0.29, 0.717) is 13.1 Å². The zero-order chi connectivity index (χ0) is 14.5. The Hall–Kier alpha value is -1.69. The maximum absolute atomic E-state index is 14.3. The van der Waals surface area contributed by atoms with Gasteiger partial charge in [0.05, 0.1) is 18.2 Å². The van der Waals surface area contributed by atoms with Crippen LogP contribution >= 0.6 is 0 Å². The van der Waals surface area contributed by atoms with E-state index in [1.165, 1.54) is 12.3 Å². The fourth-order valence-electron chi connectivity index (χ4n) is 2.51. The Bertz CT molecular complexity index is 481. The molecule has 0 aliphatic carbocycles. The summed E-state index contributed by atoms with van der Waals surface area (Å²) in [6.45, 7) is 2.84. The Kier molecular flexibility index (Phi) is 4.89. The molecule has 0 aromatic carbocycles. The van der Waals surface area contributed by atoms with Crippen molar-refractivity contribution < 1.29 is 14.3 Å². The fraction of sp³-hybridized carbons (Fsp3) is 0.571. The van der Waals surface area contributed by atoms with Crippen LogP contribution in [0.4, 0.5) is 10.2 Å². The molecule has 2 rings (SSSR count). The van der Waals surface area contributed by atoms with E-state index in [1.54, 1.807) is 4.90 Å². The normalized spacial score (nSPS) is 18.9. The van der Waals surface area contributed by atoms with Crippen molar-refractivity contribution in [2.45, 2.75) is 32.2 Å². The van der Waals surface area contributed by atoms with Crippen molar-refractivity contribution >= 4 is 11.7 Å². The molecule has 110 valence electrons. The summed E-state index contributed by atoms with van der Waals surface area (Å²) in [5, 5.41) is 12.1. The highest BCUT2D eigenvalue weighted by atomic mass is 19.1. The van der Waals surface area contributed by atoms with Crippen molar-refractivity contribution in [3.63, 3.8) is 0 Å². The van der Waals surface area contributed by atoms with Gasteiger partial charge in [-0.1, -0.05) is 0 Å². The number of pyridine rings is 1. The summed E-state index contributed by atoms with van der Waals surface area (Å²) in [7, 11) is 0. The lowest BCUT2D eigenvalue weighted by Crippen LogP contribution is -2.45. The summed E-state index contributed by atoms with van der Waals surface area (Å²) in [6.07, 6.45) is 4.05. The number of aliphatic hydroxyl groups excluding tert-OH is 1. The maximum atomic E-state index is 14.3. The number of aliphatic hydroxyl groups is 1. The molecule has 6 heteroatoms. The minimum atomic E-state index is -0.624. The Morgan fingerprint density at radius 2 is 2.40 bits per heavy atom. The van der Waals surface area contributed by atoms with E-state index in [-0.39, 0.29) is 29.9 Å². The second kappa shape index (κ2) is 6.65. The average Bonchev–Trinajstić information content (AvgIpc) is 2.49. The number of nitrogens with one attached hydrogen (secondary N) is 1. The van der Waals surface area contributed by atoms with E-state index >= 15 is 0 Å². The second-order valence-electron chi connectivity index (χ2n) is 4.88. The molecule has 1 aliphatic heterocycles. The molecule has 0 bridgehead atoms. The molecular formula is C14H20FN3O2. The van der Waals surface area contributed by atoms with Crippen LogP contribution < -0.4 is 5.32 Å². The number of amides is 1. The predicted octanol–water partition coefficient (Wildman–Crippen LogP) is 1.64. The van der Waals surface area contributed by atoms with Gasteiger partial charge >= 0.3 is 0 Å². The van der Waals surface area contributed by atoms with Gasteiger partial charge in [-0.3, -0.25) is 4.79 Å². The van der Waals surface area contributed by atoms with Crippen molar-refractivity contribution in [1.82, 2.24) is 9.88 Å². The first-order valence-corrected chi connectivity index (χ1v) is 6.99. The number of rotatable bonds is 4. The van der Waals surface area contributed by atoms with Crippen LogP contribution in [0.5, 0.6) is 0 Å². The lowest BCUT2D eigenvalue weighted by Gasteiger charge is -2.34. The minimum absolute atomic E-state index is 0.0105. The number of nitrogens with zero attached hydrogens (tertiary/aromatic N) is 2. The molecule has 0 saturated carbocycles. The van der Waals surface area contributed by atoms with Crippen LogP contribution in [0.25, 0.3) is 0 Å². The highest BCUT2D eigenvalue weighted by Gasteiger charge is 2.29. The molecule has 1 unspecified atom stereocenters. The molecule has 1 aromatic heterocycles. The van der Waals surface area contributed by atoms with Gasteiger partial charge < -0.3 is 15.3 Å². The number of aromatic nitrogens is 1. The molecule has 1 aromatic rings. The van der Waals surface area contributed by atoms with E-state index in [2.05, 4.69) is 10.3 Å². The van der Waals surface area contributed by atoms with E-state index < -0.39 is 5.82 Å². The zero-order valence-electron chi connectivity index (χ0n) is 11.6. The third-order valence-corrected chi connectivity index (χ3v) is 3.56. The first kappa shape index (κ1) is 14.7. The first-order valence-electron chi connectivity index (χ1n) is 6.99. The Balaban J connectivity index is 2.26. The molecule has 2 heterocycles. The zero-order valence-corrected chi connectivity index (χ0v) is 11.6. The summed E-state index contributed by atoms with van der Waals surface area (Å²) in [5.74, 6) is -0.902. The molecule has 1 amide bonds. The van der Waals surface area contributed by atoms with Crippen LogP contribution in [0.1, 0.15) is 36.5 Å². The van der Waals surface area contributed by atoms with Gasteiger partial charge in [0.1, 0.15) is 0 Å². The minimum Gasteiger partial charge on any atom is -0.394 e. The standard InChI is InChI=1S/C14H20FN3O2/c1-2-16-13-12(15)11(6-7-17-13)14(20)18-8-4-3-5-10(18)9-19/h6-7,10,19H,2-5,8-9H2,1H3,(H,16,17). The van der Waals surface area contributed by atoms with Crippen molar-refractivity contribution in [2.75, 3.05) is 25.0 Å². The van der Waals surface area contributed by atoms with Gasteiger partial charge in [0.2, 0.25) is 0 Å². The molecule has 1 atom stereocenters. The third-order valence-electron chi connectivity index (χ3n) is 3.56. The van der Waals surface area contributed by atoms with Gasteiger partial charge in [-0.15, -0.1) is 0 Å². The monoisotopic (exact) mass is 281 g/mol. The van der Waals surface area contributed by atoms with Crippen LogP contribution in [0.2, 0.25) is 0 Å². The Morgan fingerprint density at radius 1 is 1.60 bits per heavy atom. The topological polar surface area (TPSA) is 65.5 Å². The molecule has 5 nitrogen and oxygen atoms in total. The smallest absolute Gasteiger partial charge is 0.257 e. The molecule has 2 N–H and O–H groups in total. The summed E-state index contributed by atoms with van der Waals surface area (Å²) in [5.41, 5.74) is 0.0105. The number of anilines is 1. The lowest BCUT2D eigenvalue weighted by molar-refractivity contribution is 0.0498. The van der Waals surface area contributed by atoms with Gasteiger partial charge in [0.25, 0.3) is 5.91 Å². The largest absolute Gasteiger partial charge is 0.394 e. The molecule has 0 radical (unpaired) electrons. The van der Waals surface area contributed by atoms with E-state index in [4.69, 9.17) is 0 Å². The van der Waals surface area contributed by atoms with Crippen molar-refractivity contribution in [2.24, 2.45) is 0 Å². The summed E-state index contributed by atoms with van der Waals surface area (Å²) >= 11 is 0. The molecule has 1 saturated heterocycles. The molecular weight excluding hydrogens is 261 g/mol. The van der Waals surface area contributed by atoms with Crippen molar-refractivity contribution in [3.05, 3.63) is 23.6 Å². The van der Waals surface area contributed by atoms with E-state index in [0.717, 1.165) is 19.3 Å². The van der Waals surface area contributed by atoms with Crippen LogP contribution in [-0.4, -0.2) is 46.6 Å². The Morgan fingerprint density at radius 3 is 3.10 bits per heavy atom. The number of hydrogen-bond acceptors (Lipinski definition) is 4. The van der Waals surface area contributed by atoms with Crippen molar-refractivity contribution in [3.8, 4) is 0 Å². The first-order chi connectivity index (χ1) is 9.69. The van der Waals surface area contributed by atoms with Crippen LogP contribution in [0.15, 0.2) is 12.3 Å². The van der Waals surface area contributed by atoms with Crippen LogP contribution in [0, 0.1) is 5.82 Å². The van der Waals surface area contributed by atoms with Crippen LogP contribution in [0.3, 0.4) is 0 Å². The second-order valence-corrected chi connectivity index (χ2v) is 4.88. The van der Waals surface area contributed by atoms with Gasteiger partial charge in [0.15, 0.2) is 11.6 Å². The number of carbonyl (C=O) groups excluding carboxylic acids is 1. The van der Waals surface area contributed by atoms with E-state index in [9.17, 15) is 14.3 Å². The average molecular weight is 281 g/mol. The highest BCUT2D eigenvalue weighted by Crippen LogP contribution is 2.22. The number of hydrogen-bond donors (Lipinski definition) is 2. The SMILES string of the molecule is CCNc1nccc(C(=O)N2CCCCC2CO)c1F. The summed E-state index contributed by atoms with van der Waals surface area (Å²) < 4.78 is 14.3. The van der Waals surface area contributed by atoms with Gasteiger partial charge in [-0.05, 0) is 32.3 Å². The molecule has 20 heavy (non-hydrogen) atoms. The summed E-state index contributed by atoms with van der Waals surface area (Å²) in [6, 6.07) is 1.17. The van der Waals surface area contributed by atoms with E-state index in [1.807, 2.05) is 6.92 Å². The molecule has 1 fully saturated rings. The third kappa shape index (κ3) is 2.90. The molecule has 1 aliphatic rings. The van der Waals surface area contributed by atoms with Gasteiger partial charge in [-0.2, -0.15) is 0 Å². The quantitative estimate of drug-likeness (QED) is 0.880. The maximum Gasteiger partial charge on any atom is 0.257 e. The predicted molar refractivity (Wildman–Crippen MR) is 74.1 cm³/mol. The highest BCUT2D eigenvalue weighted by molar-refractivity contribution is 5.95. The lowest BCUT2D eigenvalue weighted by atomic mass is 10.0. The number of likely N-dealkylation sites (tertiary alicyclic amines) is 1. The number of carbonyl (C=O) groups is 1. The number of piperidine rings is 1. The van der Waals surface area contributed by atoms with Crippen LogP contribution in [-0.2, 0) is 0 Å². The molecule has 0 spiro atoms. The summed E-state index contributed by atoms with van der Waals surface area (Å²) in [4.78, 5) is 17.9. The van der Waals surface area contributed by atoms with Crippen molar-refractivity contribution in [1.29, 1.82) is 0 Å². The van der Waals surface area contributed by atoms with Gasteiger partial charge in [-0.25, -0.2) is 9.37 Å². The Labute approximate surface area is 117 Å². The fourth-order valence-corrected chi connectivity index (χ4v) is 2.51. The van der Waals surface area contributed by atoms with Gasteiger partial charge in [0, 0.05) is 19.3 Å².